The van der Waals surface area contributed by atoms with Crippen LogP contribution in [-0.2, 0) is 0 Å². The predicted molar refractivity (Wildman–Crippen MR) is 118 cm³/mol. The van der Waals surface area contributed by atoms with Gasteiger partial charge in [-0.2, -0.15) is 10.2 Å². The van der Waals surface area contributed by atoms with E-state index in [1.165, 1.54) is 0 Å². The summed E-state index contributed by atoms with van der Waals surface area (Å²) in [5, 5.41) is 11.0. The molecular formula is C24H18N6O. The molecule has 0 atom stereocenters. The van der Waals surface area contributed by atoms with Crippen LogP contribution in [0.2, 0.25) is 0 Å². The van der Waals surface area contributed by atoms with Crippen molar-refractivity contribution in [2.75, 3.05) is 0 Å². The largest absolute Gasteiger partial charge is 0.363 e. The van der Waals surface area contributed by atoms with Crippen molar-refractivity contribution in [2.45, 2.75) is 0 Å². The van der Waals surface area contributed by atoms with E-state index in [2.05, 4.69) is 44.5 Å². The molecule has 0 saturated heterocycles. The molecule has 1 amide bonds. The summed E-state index contributed by atoms with van der Waals surface area (Å²) in [6.45, 7) is 0. The van der Waals surface area contributed by atoms with Crippen molar-refractivity contribution < 1.29 is 4.79 Å². The third-order valence-corrected chi connectivity index (χ3v) is 5.00. The minimum absolute atomic E-state index is 0.0382. The number of benzene rings is 3. The molecule has 5 rings (SSSR count). The Morgan fingerprint density at radius 3 is 2.23 bits per heavy atom. The molecule has 0 unspecified atom stereocenters. The topological polar surface area (TPSA) is 102 Å². The Hall–Kier alpha value is -4.52. The van der Waals surface area contributed by atoms with E-state index in [-0.39, 0.29) is 5.82 Å². The van der Waals surface area contributed by atoms with Crippen LogP contribution in [0, 0.1) is 0 Å². The first-order valence-corrected chi connectivity index (χ1v) is 9.71. The van der Waals surface area contributed by atoms with Crippen LogP contribution in [0.5, 0.6) is 0 Å². The van der Waals surface area contributed by atoms with Crippen molar-refractivity contribution in [1.29, 1.82) is 0 Å². The van der Waals surface area contributed by atoms with Gasteiger partial charge in [0.05, 0.1) is 5.69 Å². The Morgan fingerprint density at radius 1 is 0.839 bits per heavy atom. The molecule has 5 aromatic rings. The molecular weight excluding hydrogens is 388 g/mol. The zero-order valence-electron chi connectivity index (χ0n) is 16.4. The van der Waals surface area contributed by atoms with Gasteiger partial charge in [-0.1, -0.05) is 54.6 Å². The molecule has 3 N–H and O–H groups in total. The number of amides is 1. The molecule has 0 bridgehead atoms. The minimum atomic E-state index is -0.641. The van der Waals surface area contributed by atoms with Gasteiger partial charge in [-0.3, -0.25) is 9.89 Å². The Kier molecular flexibility index (Phi) is 4.61. The Balaban J connectivity index is 1.57. The Morgan fingerprint density at radius 2 is 1.55 bits per heavy atom. The summed E-state index contributed by atoms with van der Waals surface area (Å²) in [5.41, 5.74) is 11.3. The number of hydrogen-bond donors (Lipinski definition) is 2. The van der Waals surface area contributed by atoms with Crippen LogP contribution in [0.15, 0.2) is 91.3 Å². The Bertz CT molecular complexity index is 1370. The van der Waals surface area contributed by atoms with Crippen molar-refractivity contribution >= 4 is 5.91 Å². The van der Waals surface area contributed by atoms with Crippen LogP contribution in [0.3, 0.4) is 0 Å². The van der Waals surface area contributed by atoms with E-state index in [4.69, 9.17) is 5.73 Å². The first-order valence-electron chi connectivity index (χ1n) is 9.71. The normalized spacial score (nSPS) is 10.8. The second-order valence-electron chi connectivity index (χ2n) is 7.00. The maximum absolute atomic E-state index is 11.3. The van der Waals surface area contributed by atoms with E-state index in [1.807, 2.05) is 65.5 Å². The number of carbonyl (C=O) groups is 1. The average molecular weight is 406 g/mol. The zero-order chi connectivity index (χ0) is 21.2. The third-order valence-electron chi connectivity index (χ3n) is 5.00. The smallest absolute Gasteiger partial charge is 0.286 e. The van der Waals surface area contributed by atoms with Crippen LogP contribution in [0.4, 0.5) is 0 Å². The van der Waals surface area contributed by atoms with Crippen molar-refractivity contribution in [3.63, 3.8) is 0 Å². The number of nitrogens with two attached hydrogens (primary N) is 1. The highest BCUT2D eigenvalue weighted by atomic mass is 16.1. The molecule has 7 heteroatoms. The average Bonchev–Trinajstić information content (AvgIpc) is 3.52. The summed E-state index contributed by atoms with van der Waals surface area (Å²) in [7, 11) is 0. The molecule has 0 fully saturated rings. The summed E-state index contributed by atoms with van der Waals surface area (Å²) in [5.74, 6) is -0.178. The number of nitrogens with zero attached hydrogens (tertiary/aromatic N) is 4. The molecule has 3 aromatic carbocycles. The van der Waals surface area contributed by atoms with Gasteiger partial charge in [0.2, 0.25) is 5.82 Å². The van der Waals surface area contributed by atoms with Crippen LogP contribution in [-0.4, -0.2) is 30.9 Å². The van der Waals surface area contributed by atoms with Gasteiger partial charge in [-0.05, 0) is 46.5 Å². The summed E-state index contributed by atoms with van der Waals surface area (Å²) in [6.07, 6.45) is 3.69. The van der Waals surface area contributed by atoms with Crippen LogP contribution < -0.4 is 5.73 Å². The van der Waals surface area contributed by atoms with Crippen LogP contribution >= 0.6 is 0 Å². The fourth-order valence-corrected chi connectivity index (χ4v) is 3.55. The molecule has 7 nitrogen and oxygen atoms in total. The first-order chi connectivity index (χ1) is 15.2. The van der Waals surface area contributed by atoms with Crippen molar-refractivity contribution in [2.24, 2.45) is 5.73 Å². The van der Waals surface area contributed by atoms with E-state index in [0.29, 0.717) is 5.82 Å². The van der Waals surface area contributed by atoms with Crippen molar-refractivity contribution in [1.82, 2.24) is 25.0 Å². The number of hydrogen-bond acceptors (Lipinski definition) is 4. The van der Waals surface area contributed by atoms with Gasteiger partial charge in [0.1, 0.15) is 0 Å². The van der Waals surface area contributed by atoms with Gasteiger partial charge in [-0.15, -0.1) is 0 Å². The van der Waals surface area contributed by atoms with E-state index in [9.17, 15) is 4.79 Å². The Labute approximate surface area is 178 Å². The number of aromatic nitrogens is 5. The summed E-state index contributed by atoms with van der Waals surface area (Å²) in [4.78, 5) is 15.5. The molecule has 0 aliphatic rings. The van der Waals surface area contributed by atoms with Crippen LogP contribution in [0.25, 0.3) is 39.3 Å². The number of carbonyl (C=O) groups excluding carboxylic acids is 1. The van der Waals surface area contributed by atoms with E-state index >= 15 is 0 Å². The van der Waals surface area contributed by atoms with E-state index in [0.717, 1.165) is 33.5 Å². The summed E-state index contributed by atoms with van der Waals surface area (Å²) >= 11 is 0. The first kappa shape index (κ1) is 18.5. The molecule has 150 valence electrons. The van der Waals surface area contributed by atoms with Crippen LogP contribution in [0.1, 0.15) is 10.6 Å². The highest BCUT2D eigenvalue weighted by Gasteiger charge is 2.13. The lowest BCUT2D eigenvalue weighted by Gasteiger charge is -2.12. The molecule has 0 aliphatic carbocycles. The number of nitrogens with one attached hydrogen (secondary N) is 1. The van der Waals surface area contributed by atoms with Gasteiger partial charge in [-0.25, -0.2) is 9.67 Å². The van der Waals surface area contributed by atoms with Crippen molar-refractivity contribution in [3.05, 3.63) is 97.1 Å². The second kappa shape index (κ2) is 7.72. The monoisotopic (exact) mass is 406 g/mol. The maximum atomic E-state index is 11.3. The van der Waals surface area contributed by atoms with Gasteiger partial charge in [0, 0.05) is 18.0 Å². The van der Waals surface area contributed by atoms with E-state index < -0.39 is 5.91 Å². The van der Waals surface area contributed by atoms with Crippen molar-refractivity contribution in [3.8, 4) is 39.3 Å². The second-order valence-corrected chi connectivity index (χ2v) is 7.00. The standard InChI is InChI=1S/C24H18N6O/c25-22(31)24-27-23(28-29-24)18-8-3-6-16(14-18)20-10-1-2-11-21(20)17-7-4-9-19(15-17)30-13-5-12-26-30/h1-15H,(H2,25,31)(H,27,28,29). The number of aromatic amines is 1. The maximum Gasteiger partial charge on any atom is 0.286 e. The van der Waals surface area contributed by atoms with Gasteiger partial charge in [0.25, 0.3) is 5.91 Å². The summed E-state index contributed by atoms with van der Waals surface area (Å²) < 4.78 is 1.84. The highest BCUT2D eigenvalue weighted by molar-refractivity contribution is 5.89. The number of H-pyrrole nitrogens is 1. The molecule has 0 aliphatic heterocycles. The SMILES string of the molecule is NC(=O)c1nc(-c2cccc(-c3ccccc3-c3cccc(-n4cccn4)c3)c2)n[nH]1. The van der Waals surface area contributed by atoms with Gasteiger partial charge >= 0.3 is 0 Å². The molecule has 0 saturated carbocycles. The van der Waals surface area contributed by atoms with E-state index in [1.54, 1.807) is 6.20 Å². The molecule has 31 heavy (non-hydrogen) atoms. The highest BCUT2D eigenvalue weighted by Crippen LogP contribution is 2.34. The molecule has 2 heterocycles. The molecule has 2 aromatic heterocycles. The molecule has 0 spiro atoms. The third kappa shape index (κ3) is 3.60. The predicted octanol–water partition coefficient (Wildman–Crippen LogP) is 4.09. The van der Waals surface area contributed by atoms with Gasteiger partial charge in [0.15, 0.2) is 5.82 Å². The minimum Gasteiger partial charge on any atom is -0.363 e. The number of primary amides is 1. The molecule has 0 radical (unpaired) electrons. The lowest BCUT2D eigenvalue weighted by Crippen LogP contribution is -2.12. The zero-order valence-corrected chi connectivity index (χ0v) is 16.4. The number of rotatable bonds is 5. The fraction of sp³-hybridized carbons (Fsp3) is 0. The summed E-state index contributed by atoms with van der Waals surface area (Å²) in [6, 6.07) is 26.3. The quantitative estimate of drug-likeness (QED) is 0.459. The fourth-order valence-electron chi connectivity index (χ4n) is 3.55. The van der Waals surface area contributed by atoms with Gasteiger partial charge < -0.3 is 5.73 Å². The lowest BCUT2D eigenvalue weighted by molar-refractivity contribution is 0.0991. The lowest BCUT2D eigenvalue weighted by atomic mass is 9.93.